The molecule has 2 aromatic rings. The van der Waals surface area contributed by atoms with Gasteiger partial charge in [-0.1, -0.05) is 0 Å². The SMILES string of the molecule is COCCN(Cc1ccsc1)C(=O)C=Cc1ccoc1. The van der Waals surface area contributed by atoms with E-state index in [0.717, 1.165) is 11.1 Å². The topological polar surface area (TPSA) is 42.7 Å². The Hall–Kier alpha value is -1.85. The molecule has 0 fully saturated rings. The Balaban J connectivity index is 1.99. The molecule has 20 heavy (non-hydrogen) atoms. The molecule has 106 valence electrons. The summed E-state index contributed by atoms with van der Waals surface area (Å²) in [5.74, 6) is -0.0329. The van der Waals surface area contributed by atoms with Gasteiger partial charge in [0.1, 0.15) is 0 Å². The molecule has 0 radical (unpaired) electrons. The van der Waals surface area contributed by atoms with Crippen LogP contribution in [-0.2, 0) is 16.1 Å². The van der Waals surface area contributed by atoms with Crippen LogP contribution in [0.3, 0.4) is 0 Å². The monoisotopic (exact) mass is 291 g/mol. The third-order valence-corrected chi connectivity index (χ3v) is 3.52. The average molecular weight is 291 g/mol. The first-order valence-electron chi connectivity index (χ1n) is 6.29. The maximum absolute atomic E-state index is 12.2. The van der Waals surface area contributed by atoms with Crippen LogP contribution >= 0.6 is 11.3 Å². The van der Waals surface area contributed by atoms with Crippen molar-refractivity contribution in [3.05, 3.63) is 52.6 Å². The third-order valence-electron chi connectivity index (χ3n) is 2.79. The number of carbonyl (C=O) groups is 1. The molecule has 5 heteroatoms. The van der Waals surface area contributed by atoms with E-state index in [4.69, 9.17) is 9.15 Å². The van der Waals surface area contributed by atoms with Crippen molar-refractivity contribution in [2.75, 3.05) is 20.3 Å². The highest BCUT2D eigenvalue weighted by Gasteiger charge is 2.11. The zero-order valence-corrected chi connectivity index (χ0v) is 12.1. The van der Waals surface area contributed by atoms with E-state index in [1.54, 1.807) is 48.0 Å². The smallest absolute Gasteiger partial charge is 0.246 e. The van der Waals surface area contributed by atoms with E-state index in [1.165, 1.54) is 0 Å². The minimum absolute atomic E-state index is 0.0329. The average Bonchev–Trinajstić information content (AvgIpc) is 3.13. The van der Waals surface area contributed by atoms with Crippen LogP contribution in [0.1, 0.15) is 11.1 Å². The molecular weight excluding hydrogens is 274 g/mol. The second kappa shape index (κ2) is 7.67. The lowest BCUT2D eigenvalue weighted by Crippen LogP contribution is -2.31. The van der Waals surface area contributed by atoms with E-state index in [0.29, 0.717) is 19.7 Å². The lowest BCUT2D eigenvalue weighted by molar-refractivity contribution is -0.127. The van der Waals surface area contributed by atoms with Gasteiger partial charge in [0.2, 0.25) is 5.91 Å². The fraction of sp³-hybridized carbons (Fsp3) is 0.267. The molecule has 0 bridgehead atoms. The Bertz CT molecular complexity index is 531. The molecule has 0 aliphatic rings. The van der Waals surface area contributed by atoms with Crippen molar-refractivity contribution in [3.63, 3.8) is 0 Å². The van der Waals surface area contributed by atoms with Crippen molar-refractivity contribution in [1.29, 1.82) is 0 Å². The first kappa shape index (κ1) is 14.6. The predicted octanol–water partition coefficient (Wildman–Crippen LogP) is 3.03. The van der Waals surface area contributed by atoms with E-state index in [9.17, 15) is 4.79 Å². The quantitative estimate of drug-likeness (QED) is 0.736. The molecule has 0 saturated heterocycles. The first-order valence-corrected chi connectivity index (χ1v) is 7.23. The molecule has 1 amide bonds. The number of hydrogen-bond acceptors (Lipinski definition) is 4. The normalized spacial score (nSPS) is 11.1. The number of nitrogens with zero attached hydrogens (tertiary/aromatic N) is 1. The van der Waals surface area contributed by atoms with Crippen LogP contribution in [-0.4, -0.2) is 31.1 Å². The highest BCUT2D eigenvalue weighted by Crippen LogP contribution is 2.10. The van der Waals surface area contributed by atoms with E-state index in [2.05, 4.69) is 0 Å². The Kier molecular flexibility index (Phi) is 5.58. The minimum Gasteiger partial charge on any atom is -0.472 e. The highest BCUT2D eigenvalue weighted by molar-refractivity contribution is 7.07. The summed E-state index contributed by atoms with van der Waals surface area (Å²) < 4.78 is 10.0. The van der Waals surface area contributed by atoms with Gasteiger partial charge >= 0.3 is 0 Å². The summed E-state index contributed by atoms with van der Waals surface area (Å²) in [5, 5.41) is 4.06. The van der Waals surface area contributed by atoms with Crippen LogP contribution in [0.25, 0.3) is 6.08 Å². The summed E-state index contributed by atoms with van der Waals surface area (Å²) in [6.07, 6.45) is 6.49. The number of rotatable bonds is 7. The second-order valence-electron chi connectivity index (χ2n) is 4.27. The molecule has 0 unspecified atom stereocenters. The van der Waals surface area contributed by atoms with Crippen molar-refractivity contribution in [2.24, 2.45) is 0 Å². The Morgan fingerprint density at radius 3 is 3.05 bits per heavy atom. The first-order chi connectivity index (χ1) is 9.79. The van der Waals surface area contributed by atoms with Gasteiger partial charge in [0.25, 0.3) is 0 Å². The fourth-order valence-corrected chi connectivity index (χ4v) is 2.37. The number of methoxy groups -OCH3 is 1. The Morgan fingerprint density at radius 1 is 1.50 bits per heavy atom. The van der Waals surface area contributed by atoms with Crippen molar-refractivity contribution in [2.45, 2.75) is 6.54 Å². The number of hydrogen-bond donors (Lipinski definition) is 0. The number of carbonyl (C=O) groups excluding carboxylic acids is 1. The molecule has 4 nitrogen and oxygen atoms in total. The summed E-state index contributed by atoms with van der Waals surface area (Å²) in [6, 6.07) is 3.83. The number of ether oxygens (including phenoxy) is 1. The molecule has 0 saturated carbocycles. The number of amides is 1. The van der Waals surface area contributed by atoms with Crippen LogP contribution in [0.4, 0.5) is 0 Å². The van der Waals surface area contributed by atoms with Crippen molar-refractivity contribution in [3.8, 4) is 0 Å². The predicted molar refractivity (Wildman–Crippen MR) is 79.4 cm³/mol. The largest absolute Gasteiger partial charge is 0.472 e. The fourth-order valence-electron chi connectivity index (χ4n) is 1.71. The molecule has 0 atom stereocenters. The molecule has 2 aromatic heterocycles. The van der Waals surface area contributed by atoms with Gasteiger partial charge in [-0.05, 0) is 34.5 Å². The molecule has 2 rings (SSSR count). The lowest BCUT2D eigenvalue weighted by atomic mass is 10.2. The van der Waals surface area contributed by atoms with Gasteiger partial charge in [-0.25, -0.2) is 0 Å². The zero-order valence-electron chi connectivity index (χ0n) is 11.3. The Morgan fingerprint density at radius 2 is 2.40 bits per heavy atom. The molecule has 0 aliphatic heterocycles. The standard InChI is InChI=1S/C15H17NO3S/c1-18-8-6-16(10-14-5-9-20-12-14)15(17)3-2-13-4-7-19-11-13/h2-5,7,9,11-12H,6,8,10H2,1H3. The van der Waals surface area contributed by atoms with Gasteiger partial charge in [0.15, 0.2) is 0 Å². The molecule has 0 aliphatic carbocycles. The zero-order chi connectivity index (χ0) is 14.2. The third kappa shape index (κ3) is 4.36. The van der Waals surface area contributed by atoms with Gasteiger partial charge < -0.3 is 14.1 Å². The molecular formula is C15H17NO3S. The molecule has 0 N–H and O–H groups in total. The van der Waals surface area contributed by atoms with E-state index >= 15 is 0 Å². The molecule has 0 spiro atoms. The maximum Gasteiger partial charge on any atom is 0.246 e. The summed E-state index contributed by atoms with van der Waals surface area (Å²) in [7, 11) is 1.63. The van der Waals surface area contributed by atoms with Crippen LogP contribution < -0.4 is 0 Å². The van der Waals surface area contributed by atoms with Crippen LogP contribution in [0.2, 0.25) is 0 Å². The summed E-state index contributed by atoms with van der Waals surface area (Å²) in [5.41, 5.74) is 2.01. The van der Waals surface area contributed by atoms with Crippen LogP contribution in [0.5, 0.6) is 0 Å². The van der Waals surface area contributed by atoms with E-state index < -0.39 is 0 Å². The summed E-state index contributed by atoms with van der Waals surface area (Å²) >= 11 is 1.63. The van der Waals surface area contributed by atoms with Gasteiger partial charge in [-0.2, -0.15) is 11.3 Å². The second-order valence-corrected chi connectivity index (χ2v) is 5.05. The van der Waals surface area contributed by atoms with Crippen LogP contribution in [0, 0.1) is 0 Å². The van der Waals surface area contributed by atoms with Gasteiger partial charge in [0, 0.05) is 31.8 Å². The lowest BCUT2D eigenvalue weighted by Gasteiger charge is -2.20. The van der Waals surface area contributed by atoms with Gasteiger partial charge in [-0.15, -0.1) is 0 Å². The summed E-state index contributed by atoms with van der Waals surface area (Å²) in [6.45, 7) is 1.69. The Labute approximate surface area is 122 Å². The van der Waals surface area contributed by atoms with Crippen LogP contribution in [0.15, 0.2) is 45.9 Å². The van der Waals surface area contributed by atoms with Gasteiger partial charge in [-0.3, -0.25) is 4.79 Å². The molecule has 2 heterocycles. The highest BCUT2D eigenvalue weighted by atomic mass is 32.1. The van der Waals surface area contributed by atoms with Crippen molar-refractivity contribution in [1.82, 2.24) is 4.90 Å². The molecule has 0 aromatic carbocycles. The van der Waals surface area contributed by atoms with E-state index in [1.807, 2.05) is 22.9 Å². The maximum atomic E-state index is 12.2. The number of furan rings is 1. The number of thiophene rings is 1. The summed E-state index contributed by atoms with van der Waals surface area (Å²) in [4.78, 5) is 14.0. The minimum atomic E-state index is -0.0329. The van der Waals surface area contributed by atoms with Crippen molar-refractivity contribution < 1.29 is 13.9 Å². The van der Waals surface area contributed by atoms with Gasteiger partial charge in [0.05, 0.1) is 19.1 Å². The van der Waals surface area contributed by atoms with E-state index in [-0.39, 0.29) is 5.91 Å². The van der Waals surface area contributed by atoms with Crippen molar-refractivity contribution >= 4 is 23.3 Å².